The number of terminal acetylenes is 1. The van der Waals surface area contributed by atoms with Crippen LogP contribution in [0.25, 0.3) is 0 Å². The topological polar surface area (TPSA) is 9.23 Å². The highest BCUT2D eigenvalue weighted by atomic mass is 16.5. The lowest BCUT2D eigenvalue weighted by atomic mass is 10.2. The van der Waals surface area contributed by atoms with Crippen LogP contribution >= 0.6 is 0 Å². The number of hydrogen-bond acceptors (Lipinski definition) is 1. The molecule has 1 rings (SSSR count). The quantitative estimate of drug-likeness (QED) is 0.595. The van der Waals surface area contributed by atoms with Crippen LogP contribution in [-0.2, 0) is 0 Å². The van der Waals surface area contributed by atoms with Gasteiger partial charge in [-0.1, -0.05) is 12.0 Å². The Morgan fingerprint density at radius 2 is 2.00 bits per heavy atom. The van der Waals surface area contributed by atoms with Crippen molar-refractivity contribution >= 4 is 0 Å². The molecule has 0 aromatic heterocycles. The Hall–Kier alpha value is -1.42. The minimum absolute atomic E-state index is 0.173. The summed E-state index contributed by atoms with van der Waals surface area (Å²) < 4.78 is 5.65. The summed E-state index contributed by atoms with van der Waals surface area (Å²) in [5.41, 5.74) is 0.675. The van der Waals surface area contributed by atoms with Crippen molar-refractivity contribution in [2.75, 3.05) is 0 Å². The first kappa shape index (κ1) is 9.67. The number of benzene rings is 1. The van der Waals surface area contributed by atoms with Gasteiger partial charge in [0.2, 0.25) is 0 Å². The van der Waals surface area contributed by atoms with Gasteiger partial charge >= 0.3 is 0 Å². The summed E-state index contributed by atoms with van der Waals surface area (Å²) in [5, 5.41) is 0. The van der Waals surface area contributed by atoms with Crippen LogP contribution in [0.5, 0.6) is 5.75 Å². The van der Waals surface area contributed by atoms with E-state index in [1.165, 1.54) is 0 Å². The fraction of sp³-hybridized carbons (Fsp3) is 0.333. The van der Waals surface area contributed by atoms with Gasteiger partial charge in [0.05, 0.1) is 0 Å². The van der Waals surface area contributed by atoms with E-state index in [9.17, 15) is 0 Å². The molecule has 0 bridgehead atoms. The first-order chi connectivity index (χ1) is 6.01. The van der Waals surface area contributed by atoms with E-state index >= 15 is 0 Å². The van der Waals surface area contributed by atoms with Gasteiger partial charge in [-0.05, 0) is 39.0 Å². The predicted molar refractivity (Wildman–Crippen MR) is 54.8 cm³/mol. The van der Waals surface area contributed by atoms with Gasteiger partial charge in [-0.15, -0.1) is 6.42 Å². The van der Waals surface area contributed by atoms with E-state index in [0.717, 1.165) is 11.3 Å². The van der Waals surface area contributed by atoms with Crippen molar-refractivity contribution in [3.8, 4) is 18.1 Å². The fourth-order valence-corrected chi connectivity index (χ4v) is 1.00. The van der Waals surface area contributed by atoms with E-state index in [2.05, 4.69) is 5.92 Å². The van der Waals surface area contributed by atoms with E-state index in [-0.39, 0.29) is 5.60 Å². The molecule has 1 aromatic carbocycles. The molecular weight excluding hydrogens is 160 g/mol. The normalized spacial score (nSPS) is 10.6. The molecule has 0 fully saturated rings. The Labute approximate surface area is 79.7 Å². The Kier molecular flexibility index (Phi) is 2.63. The zero-order chi connectivity index (χ0) is 9.90. The molecule has 1 nitrogen and oxygen atoms in total. The van der Waals surface area contributed by atoms with Gasteiger partial charge in [0.1, 0.15) is 11.4 Å². The van der Waals surface area contributed by atoms with Crippen LogP contribution in [-0.4, -0.2) is 5.60 Å². The van der Waals surface area contributed by atoms with Crippen molar-refractivity contribution in [3.63, 3.8) is 0 Å². The lowest BCUT2D eigenvalue weighted by molar-refractivity contribution is 0.131. The van der Waals surface area contributed by atoms with Gasteiger partial charge in [-0.25, -0.2) is 0 Å². The Morgan fingerprint density at radius 1 is 1.31 bits per heavy atom. The molecule has 68 valence electrons. The zero-order valence-corrected chi connectivity index (χ0v) is 8.29. The molecule has 0 N–H and O–H groups in total. The molecule has 0 saturated heterocycles. The first-order valence-corrected chi connectivity index (χ1v) is 4.27. The molecule has 0 saturated carbocycles. The van der Waals surface area contributed by atoms with E-state index in [4.69, 9.17) is 11.2 Å². The van der Waals surface area contributed by atoms with Crippen LogP contribution in [0.4, 0.5) is 0 Å². The molecule has 0 heterocycles. The van der Waals surface area contributed by atoms with Crippen LogP contribution in [0.2, 0.25) is 0 Å². The minimum atomic E-state index is -0.173. The third-order valence-electron chi connectivity index (χ3n) is 1.42. The molecule has 13 heavy (non-hydrogen) atoms. The van der Waals surface area contributed by atoms with Crippen LogP contribution in [0.1, 0.15) is 26.3 Å². The first-order valence-electron chi connectivity index (χ1n) is 4.27. The Morgan fingerprint density at radius 3 is 2.54 bits per heavy atom. The van der Waals surface area contributed by atoms with Gasteiger partial charge in [0, 0.05) is 5.56 Å². The molecule has 1 aromatic rings. The maximum absolute atomic E-state index is 5.65. The second-order valence-electron chi connectivity index (χ2n) is 3.89. The summed E-state index contributed by atoms with van der Waals surface area (Å²) in [5.74, 6) is 3.40. The molecule has 0 aliphatic rings. The van der Waals surface area contributed by atoms with E-state index in [1.54, 1.807) is 0 Å². The number of ether oxygens (including phenoxy) is 1. The fourth-order valence-electron chi connectivity index (χ4n) is 1.00. The van der Waals surface area contributed by atoms with Crippen molar-refractivity contribution in [1.29, 1.82) is 0 Å². The number of hydrogen-bond donors (Lipinski definition) is 0. The summed E-state index contributed by atoms with van der Waals surface area (Å²) in [6, 6.07) is 7.56. The molecule has 0 aliphatic heterocycles. The molecule has 0 spiro atoms. The van der Waals surface area contributed by atoms with Crippen molar-refractivity contribution < 1.29 is 4.74 Å². The average Bonchev–Trinajstić information content (AvgIpc) is 2.01. The van der Waals surface area contributed by atoms with Crippen molar-refractivity contribution in [2.45, 2.75) is 26.4 Å². The summed E-state index contributed by atoms with van der Waals surface area (Å²) in [4.78, 5) is 0. The zero-order valence-electron chi connectivity index (χ0n) is 8.29. The Balaban J connectivity index is 2.86. The van der Waals surface area contributed by atoms with Crippen molar-refractivity contribution in [2.24, 2.45) is 0 Å². The average molecular weight is 174 g/mol. The lowest BCUT2D eigenvalue weighted by Gasteiger charge is -2.21. The highest BCUT2D eigenvalue weighted by Gasteiger charge is 2.11. The van der Waals surface area contributed by atoms with Crippen LogP contribution < -0.4 is 4.74 Å². The van der Waals surface area contributed by atoms with Gasteiger partial charge in [0.25, 0.3) is 0 Å². The highest BCUT2D eigenvalue weighted by molar-refractivity contribution is 5.38. The number of rotatable bonds is 1. The molecular formula is C12H14O. The van der Waals surface area contributed by atoms with E-state index in [0.29, 0.717) is 0 Å². The van der Waals surface area contributed by atoms with Gasteiger partial charge in [-0.3, -0.25) is 0 Å². The molecule has 0 amide bonds. The van der Waals surface area contributed by atoms with Crippen molar-refractivity contribution in [3.05, 3.63) is 29.8 Å². The van der Waals surface area contributed by atoms with E-state index < -0.39 is 0 Å². The van der Waals surface area contributed by atoms with Gasteiger partial charge in [-0.2, -0.15) is 0 Å². The standard InChI is InChI=1S/C12H14O/c1-5-10-7-6-8-11(9-10)13-12(2,3)4/h1,6-9H,2-4H3. The molecule has 0 aliphatic carbocycles. The van der Waals surface area contributed by atoms with Crippen LogP contribution in [0.15, 0.2) is 24.3 Å². The molecule has 1 heteroatoms. The second-order valence-corrected chi connectivity index (χ2v) is 3.89. The predicted octanol–water partition coefficient (Wildman–Crippen LogP) is 2.85. The maximum atomic E-state index is 5.65. The Bertz CT molecular complexity index is 326. The molecule has 0 atom stereocenters. The third kappa shape index (κ3) is 3.21. The summed E-state index contributed by atoms with van der Waals surface area (Å²) >= 11 is 0. The van der Waals surface area contributed by atoms with Gasteiger partial charge in [0.15, 0.2) is 0 Å². The summed E-state index contributed by atoms with van der Waals surface area (Å²) in [7, 11) is 0. The summed E-state index contributed by atoms with van der Waals surface area (Å²) in [6.07, 6.45) is 5.28. The van der Waals surface area contributed by atoms with Gasteiger partial charge < -0.3 is 4.74 Å². The molecule has 0 radical (unpaired) electrons. The van der Waals surface area contributed by atoms with Crippen molar-refractivity contribution in [1.82, 2.24) is 0 Å². The second kappa shape index (κ2) is 3.53. The maximum Gasteiger partial charge on any atom is 0.121 e. The molecule has 0 unspecified atom stereocenters. The third-order valence-corrected chi connectivity index (χ3v) is 1.42. The van der Waals surface area contributed by atoms with Crippen LogP contribution in [0, 0.1) is 12.3 Å². The van der Waals surface area contributed by atoms with Crippen LogP contribution in [0.3, 0.4) is 0 Å². The largest absolute Gasteiger partial charge is 0.488 e. The monoisotopic (exact) mass is 174 g/mol. The summed E-state index contributed by atoms with van der Waals surface area (Å²) in [6.45, 7) is 6.03. The SMILES string of the molecule is C#Cc1cccc(OC(C)(C)C)c1. The highest BCUT2D eigenvalue weighted by Crippen LogP contribution is 2.18. The lowest BCUT2D eigenvalue weighted by Crippen LogP contribution is -2.22. The minimum Gasteiger partial charge on any atom is -0.488 e. The smallest absolute Gasteiger partial charge is 0.121 e. The van der Waals surface area contributed by atoms with E-state index in [1.807, 2.05) is 45.0 Å².